The molecule has 1 saturated heterocycles. The summed E-state index contributed by atoms with van der Waals surface area (Å²) in [6, 6.07) is 14.7. The van der Waals surface area contributed by atoms with Crippen molar-refractivity contribution in [2.75, 3.05) is 50.0 Å². The fourth-order valence-corrected chi connectivity index (χ4v) is 6.20. The third-order valence-electron chi connectivity index (χ3n) is 5.66. The lowest BCUT2D eigenvalue weighted by atomic mass is 10.2. The minimum atomic E-state index is 0. The average Bonchev–Trinajstić information content (AvgIpc) is 3.24. The van der Waals surface area contributed by atoms with Crippen molar-refractivity contribution in [1.82, 2.24) is 9.88 Å². The number of ether oxygens (including phenoxy) is 1. The van der Waals surface area contributed by atoms with Crippen LogP contribution in [0.1, 0.15) is 24.8 Å². The Morgan fingerprint density at radius 1 is 1.18 bits per heavy atom. The summed E-state index contributed by atoms with van der Waals surface area (Å²) in [6.45, 7) is 7.32. The van der Waals surface area contributed by atoms with Crippen LogP contribution in [-0.2, 0) is 9.53 Å². The molecule has 5 nitrogen and oxygen atoms in total. The molecule has 2 aromatic carbocycles. The second-order valence-corrected chi connectivity index (χ2v) is 11.3. The Hall–Kier alpha value is -1.16. The zero-order valence-electron chi connectivity index (χ0n) is 19.4. The number of hydrogen-bond donors (Lipinski definition) is 0. The van der Waals surface area contributed by atoms with Gasteiger partial charge in [-0.2, -0.15) is 0 Å². The predicted molar refractivity (Wildman–Crippen MR) is 150 cm³/mol. The minimum Gasteiger partial charge on any atom is -0.379 e. The Morgan fingerprint density at radius 3 is 2.71 bits per heavy atom. The Labute approximate surface area is 224 Å². The Kier molecular flexibility index (Phi) is 11.1. The molecule has 0 aliphatic carbocycles. The van der Waals surface area contributed by atoms with E-state index in [-0.39, 0.29) is 18.3 Å². The van der Waals surface area contributed by atoms with Crippen LogP contribution in [0.3, 0.4) is 0 Å². The van der Waals surface area contributed by atoms with Crippen LogP contribution in [0.4, 0.5) is 5.13 Å². The largest absolute Gasteiger partial charge is 0.379 e. The van der Waals surface area contributed by atoms with Crippen LogP contribution >= 0.6 is 51.4 Å². The highest BCUT2D eigenvalue weighted by molar-refractivity contribution is 9.10. The van der Waals surface area contributed by atoms with Gasteiger partial charge in [0.1, 0.15) is 0 Å². The number of halogens is 2. The molecule has 9 heteroatoms. The Morgan fingerprint density at radius 2 is 1.94 bits per heavy atom. The van der Waals surface area contributed by atoms with Crippen molar-refractivity contribution in [2.45, 2.75) is 31.1 Å². The number of benzene rings is 2. The number of thioether (sulfide) groups is 1. The molecule has 1 fully saturated rings. The Bertz CT molecular complexity index is 1060. The lowest BCUT2D eigenvalue weighted by molar-refractivity contribution is -0.118. The first kappa shape index (κ1) is 27.4. The number of nitrogens with zero attached hydrogens (tertiary/aromatic N) is 3. The molecule has 2 heterocycles. The van der Waals surface area contributed by atoms with Crippen molar-refractivity contribution in [3.63, 3.8) is 0 Å². The lowest BCUT2D eigenvalue weighted by Crippen LogP contribution is -2.39. The van der Waals surface area contributed by atoms with Gasteiger partial charge < -0.3 is 4.74 Å². The number of rotatable bonds is 10. The van der Waals surface area contributed by atoms with E-state index < -0.39 is 0 Å². The summed E-state index contributed by atoms with van der Waals surface area (Å²) in [5, 5.41) is 0.807. The van der Waals surface area contributed by atoms with Crippen molar-refractivity contribution < 1.29 is 9.53 Å². The second-order valence-electron chi connectivity index (χ2n) is 8.23. The van der Waals surface area contributed by atoms with Crippen LogP contribution < -0.4 is 4.90 Å². The first-order chi connectivity index (χ1) is 16.1. The van der Waals surface area contributed by atoms with Gasteiger partial charge in [0.25, 0.3) is 0 Å². The van der Waals surface area contributed by atoms with Gasteiger partial charge in [0.05, 0.1) is 23.4 Å². The van der Waals surface area contributed by atoms with Crippen molar-refractivity contribution in [3.05, 3.63) is 52.5 Å². The van der Waals surface area contributed by atoms with Crippen LogP contribution in [0.5, 0.6) is 0 Å². The van der Waals surface area contributed by atoms with E-state index in [9.17, 15) is 4.79 Å². The monoisotopic (exact) mass is 583 g/mol. The molecular formula is C25H31BrClN3O2S2. The number of morpholine rings is 1. The summed E-state index contributed by atoms with van der Waals surface area (Å²) in [5.74, 6) is 1.10. The fraction of sp³-hybridized carbons (Fsp3) is 0.440. The van der Waals surface area contributed by atoms with Gasteiger partial charge in [-0.05, 0) is 55.9 Å². The second kappa shape index (κ2) is 13.8. The average molecular weight is 585 g/mol. The molecule has 1 aliphatic rings. The number of anilines is 1. The van der Waals surface area contributed by atoms with E-state index in [0.717, 1.165) is 71.3 Å². The zero-order chi connectivity index (χ0) is 23.0. The fourth-order valence-electron chi connectivity index (χ4n) is 3.79. The number of carbonyl (C=O) groups is 1. The highest BCUT2D eigenvalue weighted by atomic mass is 79.9. The summed E-state index contributed by atoms with van der Waals surface area (Å²) >= 11 is 6.95. The summed E-state index contributed by atoms with van der Waals surface area (Å²) in [4.78, 5) is 23.6. The molecule has 0 bridgehead atoms. The van der Waals surface area contributed by atoms with E-state index in [1.54, 1.807) is 11.3 Å². The maximum absolute atomic E-state index is 13.3. The molecule has 0 atom stereocenters. The molecule has 0 N–H and O–H groups in total. The van der Waals surface area contributed by atoms with Gasteiger partial charge in [0, 0.05) is 42.0 Å². The van der Waals surface area contributed by atoms with Crippen molar-refractivity contribution in [2.24, 2.45) is 0 Å². The number of hydrogen-bond acceptors (Lipinski definition) is 6. The first-order valence-corrected chi connectivity index (χ1v) is 14.0. The number of fused-ring (bicyclic) bond motifs is 1. The molecule has 0 spiro atoms. The van der Waals surface area contributed by atoms with Crippen LogP contribution in [0.25, 0.3) is 10.2 Å². The number of aromatic nitrogens is 1. The smallest absolute Gasteiger partial charge is 0.228 e. The molecule has 34 heavy (non-hydrogen) atoms. The number of amides is 1. The van der Waals surface area contributed by atoms with Crippen molar-refractivity contribution in [1.29, 1.82) is 0 Å². The van der Waals surface area contributed by atoms with Gasteiger partial charge in [0.15, 0.2) is 5.13 Å². The van der Waals surface area contributed by atoms with Gasteiger partial charge in [-0.1, -0.05) is 45.0 Å². The van der Waals surface area contributed by atoms with E-state index in [2.05, 4.69) is 58.1 Å². The van der Waals surface area contributed by atoms with Gasteiger partial charge in [-0.15, -0.1) is 24.2 Å². The highest BCUT2D eigenvalue weighted by Gasteiger charge is 2.20. The van der Waals surface area contributed by atoms with Gasteiger partial charge in [-0.3, -0.25) is 14.6 Å². The molecule has 1 amide bonds. The van der Waals surface area contributed by atoms with Crippen LogP contribution in [0, 0.1) is 6.92 Å². The zero-order valence-corrected chi connectivity index (χ0v) is 23.4. The van der Waals surface area contributed by atoms with Gasteiger partial charge in [-0.25, -0.2) is 4.98 Å². The first-order valence-electron chi connectivity index (χ1n) is 11.4. The van der Waals surface area contributed by atoms with Crippen molar-refractivity contribution >= 4 is 72.7 Å². The van der Waals surface area contributed by atoms with Gasteiger partial charge >= 0.3 is 0 Å². The summed E-state index contributed by atoms with van der Waals surface area (Å²) in [7, 11) is 0. The normalized spacial score (nSPS) is 14.2. The SMILES string of the molecule is Cc1ccc(SCCCC(=O)N(CCCN2CCOCC2)c2nc3ccc(Br)cc3s2)cc1.Cl. The standard InChI is InChI=1S/C25H30BrN3O2S2.ClH/c1-19-5-8-21(9-6-19)32-17-2-4-24(30)29(12-3-11-28-13-15-31-16-14-28)25-27-22-10-7-20(26)18-23(22)33-25;/h5-10,18H,2-4,11-17H2,1H3;1H. The molecule has 1 aliphatic heterocycles. The molecule has 0 saturated carbocycles. The summed E-state index contributed by atoms with van der Waals surface area (Å²) < 4.78 is 7.58. The number of aryl methyl sites for hydroxylation is 1. The molecule has 4 rings (SSSR count). The van der Waals surface area contributed by atoms with Gasteiger partial charge in [0.2, 0.25) is 5.91 Å². The van der Waals surface area contributed by atoms with Crippen LogP contribution in [0.2, 0.25) is 0 Å². The van der Waals surface area contributed by atoms with Crippen LogP contribution in [-0.4, -0.2) is 60.9 Å². The maximum atomic E-state index is 13.3. The molecule has 0 unspecified atom stereocenters. The number of carbonyl (C=O) groups excluding carboxylic acids is 1. The summed E-state index contributed by atoms with van der Waals surface area (Å²) in [5.41, 5.74) is 2.21. The maximum Gasteiger partial charge on any atom is 0.228 e. The number of thiazole rings is 1. The van der Waals surface area contributed by atoms with E-state index >= 15 is 0 Å². The molecule has 3 aromatic rings. The topological polar surface area (TPSA) is 45.7 Å². The summed E-state index contributed by atoms with van der Waals surface area (Å²) in [6.07, 6.45) is 2.33. The van der Waals surface area contributed by atoms with E-state index in [0.29, 0.717) is 13.0 Å². The van der Waals surface area contributed by atoms with E-state index in [4.69, 9.17) is 9.72 Å². The van der Waals surface area contributed by atoms with E-state index in [1.807, 2.05) is 28.8 Å². The minimum absolute atomic E-state index is 0. The molecule has 184 valence electrons. The third kappa shape index (κ3) is 7.93. The predicted octanol–water partition coefficient (Wildman–Crippen LogP) is 6.42. The van der Waals surface area contributed by atoms with Crippen LogP contribution in [0.15, 0.2) is 51.8 Å². The highest BCUT2D eigenvalue weighted by Crippen LogP contribution is 2.31. The molecule has 0 radical (unpaired) electrons. The van der Waals surface area contributed by atoms with Crippen molar-refractivity contribution in [3.8, 4) is 0 Å². The van der Waals surface area contributed by atoms with E-state index in [1.165, 1.54) is 10.5 Å². The molecule has 1 aromatic heterocycles. The Balaban J connectivity index is 0.00000324. The third-order valence-corrected chi connectivity index (χ3v) is 8.29. The lowest BCUT2D eigenvalue weighted by Gasteiger charge is -2.27. The quantitative estimate of drug-likeness (QED) is 0.203. The molecular weight excluding hydrogens is 554 g/mol.